The van der Waals surface area contributed by atoms with Gasteiger partial charge >= 0.3 is 6.03 Å². The molecule has 0 saturated carbocycles. The highest BCUT2D eigenvalue weighted by atomic mass is 19.1. The number of halogens is 2. The molecule has 0 aliphatic carbocycles. The Bertz CT molecular complexity index is 1330. The number of urea groups is 1. The SMILES string of the molecule is CC(C)(C)[C@H](c1nc(-c2cc(F)ccc2F)cn1Cc1ccccc1)N(CC[C@H]1COCCN1)C(=O)N1CCOCC1. The van der Waals surface area contributed by atoms with E-state index in [1.54, 1.807) is 6.20 Å². The monoisotopic (exact) mass is 581 g/mol. The quantitative estimate of drug-likeness (QED) is 0.401. The van der Waals surface area contributed by atoms with Crippen LogP contribution in [-0.2, 0) is 16.0 Å². The minimum atomic E-state index is -0.552. The number of benzene rings is 2. The average molecular weight is 582 g/mol. The molecule has 2 aromatic carbocycles. The molecule has 0 bridgehead atoms. The molecule has 0 radical (unpaired) electrons. The molecule has 2 amide bonds. The Morgan fingerprint density at radius 3 is 2.55 bits per heavy atom. The molecule has 2 fully saturated rings. The van der Waals surface area contributed by atoms with Gasteiger partial charge in [-0.3, -0.25) is 0 Å². The second-order valence-corrected chi connectivity index (χ2v) is 12.1. The third-order valence-corrected chi connectivity index (χ3v) is 7.83. The maximum absolute atomic E-state index is 15.0. The fourth-order valence-electron chi connectivity index (χ4n) is 5.74. The van der Waals surface area contributed by atoms with Crippen LogP contribution in [0.25, 0.3) is 11.3 Å². The first-order valence-corrected chi connectivity index (χ1v) is 14.7. The van der Waals surface area contributed by atoms with Gasteiger partial charge in [0.1, 0.15) is 17.5 Å². The van der Waals surface area contributed by atoms with Crippen LogP contribution in [0.5, 0.6) is 0 Å². The van der Waals surface area contributed by atoms with Crippen LogP contribution in [0.1, 0.15) is 44.6 Å². The Balaban J connectivity index is 1.59. The lowest BCUT2D eigenvalue weighted by Gasteiger charge is -2.43. The summed E-state index contributed by atoms with van der Waals surface area (Å²) in [5, 5.41) is 3.50. The van der Waals surface area contributed by atoms with E-state index in [9.17, 15) is 13.6 Å². The summed E-state index contributed by atoms with van der Waals surface area (Å²) in [5.41, 5.74) is 0.999. The molecule has 0 unspecified atom stereocenters. The first kappa shape index (κ1) is 30.1. The Kier molecular flexibility index (Phi) is 9.55. The fraction of sp³-hybridized carbons (Fsp3) is 0.500. The zero-order valence-electron chi connectivity index (χ0n) is 24.7. The van der Waals surface area contributed by atoms with Gasteiger partial charge in [-0.15, -0.1) is 0 Å². The van der Waals surface area contributed by atoms with Crippen LogP contribution in [0.15, 0.2) is 54.7 Å². The molecule has 5 rings (SSSR count). The smallest absolute Gasteiger partial charge is 0.320 e. The van der Waals surface area contributed by atoms with Crippen LogP contribution in [-0.4, -0.2) is 84.0 Å². The molecule has 8 nitrogen and oxygen atoms in total. The molecule has 1 aromatic heterocycles. The molecule has 2 aliphatic heterocycles. The van der Waals surface area contributed by atoms with Gasteiger partial charge in [0.2, 0.25) is 0 Å². The van der Waals surface area contributed by atoms with Gasteiger partial charge < -0.3 is 29.2 Å². The van der Waals surface area contributed by atoms with Crippen molar-refractivity contribution in [1.29, 1.82) is 0 Å². The predicted molar refractivity (Wildman–Crippen MR) is 157 cm³/mol. The van der Waals surface area contributed by atoms with Crippen LogP contribution in [0.4, 0.5) is 13.6 Å². The topological polar surface area (TPSA) is 71.9 Å². The Morgan fingerprint density at radius 2 is 1.86 bits per heavy atom. The lowest BCUT2D eigenvalue weighted by Crippen LogP contribution is -2.53. The van der Waals surface area contributed by atoms with E-state index in [1.165, 1.54) is 6.07 Å². The van der Waals surface area contributed by atoms with Crippen LogP contribution in [0.3, 0.4) is 0 Å². The van der Waals surface area contributed by atoms with Gasteiger partial charge in [0.05, 0.1) is 38.2 Å². The second kappa shape index (κ2) is 13.3. The van der Waals surface area contributed by atoms with Gasteiger partial charge in [-0.1, -0.05) is 51.1 Å². The fourth-order valence-corrected chi connectivity index (χ4v) is 5.74. The van der Waals surface area contributed by atoms with Crippen LogP contribution < -0.4 is 5.32 Å². The van der Waals surface area contributed by atoms with E-state index in [0.717, 1.165) is 24.2 Å². The second-order valence-electron chi connectivity index (χ2n) is 12.1. The summed E-state index contributed by atoms with van der Waals surface area (Å²) in [7, 11) is 0. The standard InChI is InChI=1S/C32H41F2N5O3/c1-32(2,3)29(39(13-11-25-22-42-16-12-35-25)31(40)37-14-17-41-18-15-37)30-36-28(26-19-24(33)9-10-27(26)34)21-38(30)20-23-7-5-4-6-8-23/h4-10,19,21,25,29,35H,11-18,20,22H2,1-3H3/t25-,29-/m0/s1. The summed E-state index contributed by atoms with van der Waals surface area (Å²) in [5.74, 6) is -0.465. The predicted octanol–water partition coefficient (Wildman–Crippen LogP) is 5.10. The molecule has 2 saturated heterocycles. The largest absolute Gasteiger partial charge is 0.379 e. The molecule has 10 heteroatoms. The highest BCUT2D eigenvalue weighted by Gasteiger charge is 2.40. The number of hydrogen-bond acceptors (Lipinski definition) is 5. The van der Waals surface area contributed by atoms with Gasteiger partial charge in [-0.25, -0.2) is 18.6 Å². The van der Waals surface area contributed by atoms with E-state index in [0.29, 0.717) is 70.5 Å². The van der Waals surface area contributed by atoms with Crippen molar-refractivity contribution in [2.75, 3.05) is 52.6 Å². The van der Waals surface area contributed by atoms with Gasteiger partial charge in [0.25, 0.3) is 0 Å². The zero-order valence-corrected chi connectivity index (χ0v) is 24.7. The van der Waals surface area contributed by atoms with E-state index in [-0.39, 0.29) is 17.6 Å². The Morgan fingerprint density at radius 1 is 1.10 bits per heavy atom. The number of nitrogens with zero attached hydrogens (tertiary/aromatic N) is 4. The minimum Gasteiger partial charge on any atom is -0.379 e. The molecular formula is C32H41F2N5O3. The summed E-state index contributed by atoms with van der Waals surface area (Å²) in [6.07, 6.45) is 2.47. The number of imidazole rings is 1. The number of carbonyl (C=O) groups excluding carboxylic acids is 1. The Labute approximate surface area is 246 Å². The third-order valence-electron chi connectivity index (χ3n) is 7.83. The van der Waals surface area contributed by atoms with Crippen LogP contribution >= 0.6 is 0 Å². The third kappa shape index (κ3) is 7.17. The first-order valence-electron chi connectivity index (χ1n) is 14.7. The lowest BCUT2D eigenvalue weighted by molar-refractivity contribution is 0.0243. The van der Waals surface area contributed by atoms with E-state index in [2.05, 4.69) is 26.1 Å². The van der Waals surface area contributed by atoms with Crippen molar-refractivity contribution in [2.45, 2.75) is 45.8 Å². The number of hydrogen-bond donors (Lipinski definition) is 1. The molecule has 0 spiro atoms. The van der Waals surface area contributed by atoms with Crippen molar-refractivity contribution in [3.05, 3.63) is 77.8 Å². The molecule has 1 N–H and O–H groups in total. The molecule has 42 heavy (non-hydrogen) atoms. The maximum Gasteiger partial charge on any atom is 0.320 e. The van der Waals surface area contributed by atoms with Gasteiger partial charge in [-0.2, -0.15) is 0 Å². The van der Waals surface area contributed by atoms with E-state index >= 15 is 0 Å². The average Bonchev–Trinajstić information content (AvgIpc) is 3.39. The van der Waals surface area contributed by atoms with Gasteiger partial charge in [0.15, 0.2) is 0 Å². The summed E-state index contributed by atoms with van der Waals surface area (Å²) >= 11 is 0. The van der Waals surface area contributed by atoms with Crippen molar-refractivity contribution in [3.63, 3.8) is 0 Å². The van der Waals surface area contributed by atoms with Crippen molar-refractivity contribution in [1.82, 2.24) is 24.7 Å². The van der Waals surface area contributed by atoms with Crippen molar-refractivity contribution in [2.24, 2.45) is 5.41 Å². The maximum atomic E-state index is 15.0. The van der Waals surface area contributed by atoms with Crippen LogP contribution in [0, 0.1) is 17.0 Å². The number of carbonyl (C=O) groups is 1. The highest BCUT2D eigenvalue weighted by molar-refractivity contribution is 5.75. The van der Waals surface area contributed by atoms with Crippen molar-refractivity contribution < 1.29 is 23.0 Å². The van der Waals surface area contributed by atoms with E-state index in [4.69, 9.17) is 14.5 Å². The summed E-state index contributed by atoms with van der Waals surface area (Å²) in [6.45, 7) is 11.2. The van der Waals surface area contributed by atoms with Crippen molar-refractivity contribution >= 4 is 6.03 Å². The van der Waals surface area contributed by atoms with E-state index < -0.39 is 23.1 Å². The number of morpholine rings is 2. The molecule has 3 aromatic rings. The summed E-state index contributed by atoms with van der Waals surface area (Å²) in [4.78, 5) is 23.0. The van der Waals surface area contributed by atoms with Gasteiger partial charge in [0, 0.05) is 50.5 Å². The summed E-state index contributed by atoms with van der Waals surface area (Å²) in [6, 6.07) is 12.9. The molecule has 3 heterocycles. The number of aromatic nitrogens is 2. The van der Waals surface area contributed by atoms with Crippen LogP contribution in [0.2, 0.25) is 0 Å². The van der Waals surface area contributed by atoms with Crippen molar-refractivity contribution in [3.8, 4) is 11.3 Å². The Hall–Kier alpha value is -3.34. The lowest BCUT2D eigenvalue weighted by atomic mass is 9.84. The zero-order chi connectivity index (χ0) is 29.7. The number of nitrogens with one attached hydrogen (secondary N) is 1. The minimum absolute atomic E-state index is 0.0808. The normalized spacial score (nSPS) is 18.6. The molecular weight excluding hydrogens is 540 g/mol. The number of rotatable bonds is 8. The molecule has 2 aliphatic rings. The van der Waals surface area contributed by atoms with E-state index in [1.807, 2.05) is 44.7 Å². The molecule has 226 valence electrons. The summed E-state index contributed by atoms with van der Waals surface area (Å²) < 4.78 is 42.5. The highest BCUT2D eigenvalue weighted by Crippen LogP contribution is 2.40. The first-order chi connectivity index (χ1) is 20.2. The number of ether oxygens (including phenoxy) is 2. The van der Waals surface area contributed by atoms with Gasteiger partial charge in [-0.05, 0) is 35.6 Å². The number of amides is 2. The molecule has 2 atom stereocenters.